The molecular weight excluding hydrogens is 220 g/mol. The number of hydrogen-bond donors (Lipinski definition) is 2. The predicted molar refractivity (Wildman–Crippen MR) is 70.5 cm³/mol. The Balaban J connectivity index is 2.32. The van der Waals surface area contributed by atoms with Crippen LogP contribution in [-0.2, 0) is 4.79 Å². The molecule has 1 saturated carbocycles. The van der Waals surface area contributed by atoms with Gasteiger partial charge in [0.25, 0.3) is 0 Å². The highest BCUT2D eigenvalue weighted by atomic mass is 32.2. The van der Waals surface area contributed by atoms with Crippen LogP contribution in [0.2, 0.25) is 0 Å². The fourth-order valence-electron chi connectivity index (χ4n) is 2.20. The maximum Gasteiger partial charge on any atom is 0.224 e. The summed E-state index contributed by atoms with van der Waals surface area (Å²) in [7, 11) is 0. The van der Waals surface area contributed by atoms with Gasteiger partial charge in [0.05, 0.1) is 5.92 Å². The van der Waals surface area contributed by atoms with Crippen LogP contribution in [0.1, 0.15) is 39.0 Å². The molecule has 0 aromatic rings. The molecule has 0 bridgehead atoms. The Bertz CT molecular complexity index is 223. The molecule has 0 aromatic heterocycles. The van der Waals surface area contributed by atoms with E-state index in [0.29, 0.717) is 0 Å². The number of nitrogens with one attached hydrogen (secondary N) is 1. The number of rotatable bonds is 5. The number of nitrogens with two attached hydrogens (primary N) is 1. The van der Waals surface area contributed by atoms with Crippen molar-refractivity contribution in [2.75, 3.05) is 12.0 Å². The van der Waals surface area contributed by atoms with E-state index in [1.165, 1.54) is 6.42 Å². The van der Waals surface area contributed by atoms with E-state index in [1.54, 1.807) is 0 Å². The second-order valence-electron chi connectivity index (χ2n) is 4.75. The van der Waals surface area contributed by atoms with Gasteiger partial charge < -0.3 is 11.1 Å². The molecule has 1 rings (SSSR count). The van der Waals surface area contributed by atoms with Crippen LogP contribution in [0.15, 0.2) is 0 Å². The summed E-state index contributed by atoms with van der Waals surface area (Å²) in [5, 5.41) is 3.08. The van der Waals surface area contributed by atoms with Crippen molar-refractivity contribution >= 4 is 17.7 Å². The van der Waals surface area contributed by atoms with Gasteiger partial charge in [-0.1, -0.05) is 12.8 Å². The van der Waals surface area contributed by atoms with Gasteiger partial charge in [-0.15, -0.1) is 0 Å². The lowest BCUT2D eigenvalue weighted by atomic mass is 9.84. The van der Waals surface area contributed by atoms with E-state index in [4.69, 9.17) is 5.73 Å². The molecule has 3 atom stereocenters. The highest BCUT2D eigenvalue weighted by Gasteiger charge is 2.28. The third kappa shape index (κ3) is 4.34. The van der Waals surface area contributed by atoms with Gasteiger partial charge in [0, 0.05) is 12.1 Å². The summed E-state index contributed by atoms with van der Waals surface area (Å²) in [5.41, 5.74) is 5.99. The van der Waals surface area contributed by atoms with Crippen molar-refractivity contribution in [3.05, 3.63) is 0 Å². The second kappa shape index (κ2) is 7.17. The Morgan fingerprint density at radius 1 is 1.50 bits per heavy atom. The first-order valence-corrected chi connectivity index (χ1v) is 7.59. The molecule has 0 aliphatic heterocycles. The normalized spacial score (nSPS) is 27.4. The minimum Gasteiger partial charge on any atom is -0.353 e. The van der Waals surface area contributed by atoms with Gasteiger partial charge in [-0.05, 0) is 38.2 Å². The Hall–Kier alpha value is -0.220. The standard InChI is InChI=1S/C12H24N2OS/c1-9(7-8-16-2)14-12(15)10-5-3-4-6-11(10)13/h9-11H,3-8,13H2,1-2H3,(H,14,15). The van der Waals surface area contributed by atoms with Crippen molar-refractivity contribution in [2.45, 2.75) is 51.1 Å². The van der Waals surface area contributed by atoms with E-state index in [9.17, 15) is 4.79 Å². The molecule has 94 valence electrons. The van der Waals surface area contributed by atoms with Gasteiger partial charge in [0.1, 0.15) is 0 Å². The smallest absolute Gasteiger partial charge is 0.224 e. The van der Waals surface area contributed by atoms with E-state index in [1.807, 2.05) is 11.8 Å². The van der Waals surface area contributed by atoms with E-state index < -0.39 is 0 Å². The molecule has 1 fully saturated rings. The second-order valence-corrected chi connectivity index (χ2v) is 5.73. The Labute approximate surface area is 103 Å². The van der Waals surface area contributed by atoms with Gasteiger partial charge in [-0.25, -0.2) is 0 Å². The van der Waals surface area contributed by atoms with Crippen molar-refractivity contribution < 1.29 is 4.79 Å². The summed E-state index contributed by atoms with van der Waals surface area (Å²) in [6, 6.07) is 0.343. The van der Waals surface area contributed by atoms with Gasteiger partial charge in [-0.3, -0.25) is 4.79 Å². The monoisotopic (exact) mass is 244 g/mol. The molecule has 3 unspecified atom stereocenters. The molecule has 0 spiro atoms. The van der Waals surface area contributed by atoms with Crippen molar-refractivity contribution in [1.29, 1.82) is 0 Å². The van der Waals surface area contributed by atoms with Crippen LogP contribution >= 0.6 is 11.8 Å². The lowest BCUT2D eigenvalue weighted by molar-refractivity contribution is -0.127. The van der Waals surface area contributed by atoms with Gasteiger partial charge in [-0.2, -0.15) is 11.8 Å². The van der Waals surface area contributed by atoms with E-state index in [0.717, 1.165) is 31.4 Å². The summed E-state index contributed by atoms with van der Waals surface area (Å²) in [4.78, 5) is 12.0. The maximum atomic E-state index is 12.0. The first kappa shape index (κ1) is 13.8. The topological polar surface area (TPSA) is 55.1 Å². The Morgan fingerprint density at radius 3 is 2.81 bits per heavy atom. The van der Waals surface area contributed by atoms with Gasteiger partial charge >= 0.3 is 0 Å². The zero-order valence-electron chi connectivity index (χ0n) is 10.4. The minimum absolute atomic E-state index is 0.0467. The molecule has 0 radical (unpaired) electrons. The molecule has 0 heterocycles. The number of hydrogen-bond acceptors (Lipinski definition) is 3. The largest absolute Gasteiger partial charge is 0.353 e. The summed E-state index contributed by atoms with van der Waals surface area (Å²) in [6.07, 6.45) is 7.40. The lowest BCUT2D eigenvalue weighted by Crippen LogP contribution is -2.46. The highest BCUT2D eigenvalue weighted by molar-refractivity contribution is 7.98. The molecule has 4 heteroatoms. The maximum absolute atomic E-state index is 12.0. The van der Waals surface area contributed by atoms with Crippen LogP contribution in [0.5, 0.6) is 0 Å². The summed E-state index contributed by atoms with van der Waals surface area (Å²) in [6.45, 7) is 2.07. The first-order valence-electron chi connectivity index (χ1n) is 6.20. The molecule has 3 nitrogen and oxygen atoms in total. The van der Waals surface area contributed by atoms with Crippen molar-refractivity contribution in [3.8, 4) is 0 Å². The summed E-state index contributed by atoms with van der Waals surface area (Å²) >= 11 is 1.82. The molecule has 1 amide bonds. The average molecular weight is 244 g/mol. The molecule has 0 aromatic carbocycles. The van der Waals surface area contributed by atoms with Crippen LogP contribution in [-0.4, -0.2) is 30.0 Å². The fourth-order valence-corrected chi connectivity index (χ4v) is 2.79. The summed E-state index contributed by atoms with van der Waals surface area (Å²) in [5.74, 6) is 1.31. The highest BCUT2D eigenvalue weighted by Crippen LogP contribution is 2.23. The number of thioether (sulfide) groups is 1. The van der Waals surface area contributed by atoms with Crippen LogP contribution in [0.4, 0.5) is 0 Å². The number of carbonyl (C=O) groups is 1. The third-order valence-corrected chi connectivity index (χ3v) is 3.94. The average Bonchev–Trinajstić information content (AvgIpc) is 2.26. The van der Waals surface area contributed by atoms with E-state index in [-0.39, 0.29) is 23.9 Å². The van der Waals surface area contributed by atoms with Crippen molar-refractivity contribution in [3.63, 3.8) is 0 Å². The SMILES string of the molecule is CSCCC(C)NC(=O)C1CCCCC1N. The zero-order chi connectivity index (χ0) is 12.0. The van der Waals surface area contributed by atoms with Gasteiger partial charge in [0.15, 0.2) is 0 Å². The molecule has 1 aliphatic rings. The Morgan fingerprint density at radius 2 is 2.19 bits per heavy atom. The minimum atomic E-state index is 0.0467. The fraction of sp³-hybridized carbons (Fsp3) is 0.917. The third-order valence-electron chi connectivity index (χ3n) is 3.30. The predicted octanol–water partition coefficient (Wildman–Crippen LogP) is 1.76. The van der Waals surface area contributed by atoms with Crippen LogP contribution < -0.4 is 11.1 Å². The quantitative estimate of drug-likeness (QED) is 0.775. The molecule has 0 saturated heterocycles. The number of carbonyl (C=O) groups excluding carboxylic acids is 1. The van der Waals surface area contributed by atoms with Crippen LogP contribution in [0.3, 0.4) is 0 Å². The van der Waals surface area contributed by atoms with Crippen LogP contribution in [0.25, 0.3) is 0 Å². The molecule has 16 heavy (non-hydrogen) atoms. The molecular formula is C12H24N2OS. The summed E-state index contributed by atoms with van der Waals surface area (Å²) < 4.78 is 0. The zero-order valence-corrected chi connectivity index (χ0v) is 11.2. The number of amides is 1. The first-order chi connectivity index (χ1) is 7.65. The van der Waals surface area contributed by atoms with E-state index in [2.05, 4.69) is 18.5 Å². The molecule has 3 N–H and O–H groups in total. The van der Waals surface area contributed by atoms with Gasteiger partial charge in [0.2, 0.25) is 5.91 Å². The van der Waals surface area contributed by atoms with Crippen molar-refractivity contribution in [2.24, 2.45) is 11.7 Å². The Kier molecular flexibility index (Phi) is 6.21. The van der Waals surface area contributed by atoms with Crippen LogP contribution in [0, 0.1) is 5.92 Å². The van der Waals surface area contributed by atoms with Crippen molar-refractivity contribution in [1.82, 2.24) is 5.32 Å². The lowest BCUT2D eigenvalue weighted by Gasteiger charge is -2.28. The van der Waals surface area contributed by atoms with E-state index >= 15 is 0 Å². The molecule has 1 aliphatic carbocycles.